The fourth-order valence-corrected chi connectivity index (χ4v) is 3.06. The third-order valence-electron chi connectivity index (χ3n) is 3.80. The lowest BCUT2D eigenvalue weighted by atomic mass is 9.80. The van der Waals surface area contributed by atoms with Gasteiger partial charge in [-0.25, -0.2) is 4.39 Å². The number of aromatic nitrogens is 1. The predicted octanol–water partition coefficient (Wildman–Crippen LogP) is 3.22. The third-order valence-corrected chi connectivity index (χ3v) is 4.11. The van der Waals surface area contributed by atoms with E-state index in [1.54, 1.807) is 18.3 Å². The van der Waals surface area contributed by atoms with Gasteiger partial charge in [-0.05, 0) is 25.0 Å². The third kappa shape index (κ3) is 2.02. The van der Waals surface area contributed by atoms with E-state index in [1.165, 1.54) is 0 Å². The summed E-state index contributed by atoms with van der Waals surface area (Å²) in [6.07, 6.45) is 3.36. The summed E-state index contributed by atoms with van der Waals surface area (Å²) in [5.74, 6) is -0.559. The molecule has 3 rings (SSSR count). The number of nitrogens with zero attached hydrogens (tertiary/aromatic N) is 1. The molecule has 98 valence electrons. The molecule has 0 amide bonds. The van der Waals surface area contributed by atoms with Crippen LogP contribution in [0, 0.1) is 0 Å². The number of hydrogen-bond acceptors (Lipinski definition) is 3. The smallest absolute Gasteiger partial charge is 0.168 e. The molecule has 1 aliphatic heterocycles. The average molecular weight is 272 g/mol. The highest BCUT2D eigenvalue weighted by atomic mass is 35.5. The molecule has 0 bridgehead atoms. The van der Waals surface area contributed by atoms with E-state index >= 15 is 0 Å². The van der Waals surface area contributed by atoms with Crippen molar-refractivity contribution in [2.45, 2.75) is 37.1 Å². The minimum Gasteiger partial charge on any atom is -0.348 e. The van der Waals surface area contributed by atoms with Crippen LogP contribution in [0.4, 0.5) is 4.39 Å². The van der Waals surface area contributed by atoms with Gasteiger partial charge in [0.25, 0.3) is 0 Å². The van der Waals surface area contributed by atoms with E-state index in [0.717, 1.165) is 0 Å². The van der Waals surface area contributed by atoms with Gasteiger partial charge >= 0.3 is 0 Å². The van der Waals surface area contributed by atoms with E-state index in [2.05, 4.69) is 4.98 Å². The van der Waals surface area contributed by atoms with E-state index in [-0.39, 0.29) is 0 Å². The Morgan fingerprint density at radius 2 is 1.83 bits per heavy atom. The van der Waals surface area contributed by atoms with Crippen molar-refractivity contribution in [2.24, 2.45) is 0 Å². The lowest BCUT2D eigenvalue weighted by Gasteiger charge is -2.38. The van der Waals surface area contributed by atoms with Crippen LogP contribution in [0.1, 0.15) is 31.4 Å². The maximum Gasteiger partial charge on any atom is 0.168 e. The molecule has 0 aromatic carbocycles. The topological polar surface area (TPSA) is 31.4 Å². The summed E-state index contributed by atoms with van der Waals surface area (Å²) in [6, 6.07) is 3.39. The van der Waals surface area contributed by atoms with Gasteiger partial charge in [-0.2, -0.15) is 0 Å². The predicted molar refractivity (Wildman–Crippen MR) is 65.1 cm³/mol. The highest BCUT2D eigenvalue weighted by molar-refractivity contribution is 6.31. The number of alkyl halides is 1. The lowest BCUT2D eigenvalue weighted by molar-refractivity contribution is -0.195. The summed E-state index contributed by atoms with van der Waals surface area (Å²) in [4.78, 5) is 4.10. The van der Waals surface area contributed by atoms with E-state index in [0.29, 0.717) is 49.6 Å². The molecule has 0 N–H and O–H groups in total. The van der Waals surface area contributed by atoms with Crippen molar-refractivity contribution < 1.29 is 13.9 Å². The summed E-state index contributed by atoms with van der Waals surface area (Å²) >= 11 is 6.03. The molecule has 18 heavy (non-hydrogen) atoms. The van der Waals surface area contributed by atoms with Gasteiger partial charge in [0.1, 0.15) is 0 Å². The van der Waals surface area contributed by atoms with Crippen molar-refractivity contribution in [3.8, 4) is 0 Å². The van der Waals surface area contributed by atoms with Gasteiger partial charge in [-0.1, -0.05) is 11.6 Å². The Labute approximate surface area is 110 Å². The van der Waals surface area contributed by atoms with E-state index in [4.69, 9.17) is 21.1 Å². The monoisotopic (exact) mass is 271 g/mol. The maximum atomic E-state index is 14.9. The summed E-state index contributed by atoms with van der Waals surface area (Å²) in [6.45, 7) is 1.20. The molecule has 1 saturated carbocycles. The Kier molecular flexibility index (Phi) is 3.04. The van der Waals surface area contributed by atoms with Crippen LogP contribution in [0.15, 0.2) is 18.3 Å². The molecule has 1 aromatic heterocycles. The second-order valence-electron chi connectivity index (χ2n) is 4.91. The SMILES string of the molecule is FC1(c2ncccc2Cl)CCC2(CC1)OCCO2. The fraction of sp³-hybridized carbons (Fsp3) is 0.615. The van der Waals surface area contributed by atoms with Crippen LogP contribution in [0.5, 0.6) is 0 Å². The zero-order valence-corrected chi connectivity index (χ0v) is 10.8. The molecule has 1 aromatic rings. The lowest BCUT2D eigenvalue weighted by Crippen LogP contribution is -2.40. The summed E-state index contributed by atoms with van der Waals surface area (Å²) < 4.78 is 26.1. The van der Waals surface area contributed by atoms with Crippen LogP contribution >= 0.6 is 11.6 Å². The molecule has 5 heteroatoms. The van der Waals surface area contributed by atoms with Crippen LogP contribution in [0.25, 0.3) is 0 Å². The van der Waals surface area contributed by atoms with Crippen molar-refractivity contribution >= 4 is 11.6 Å². The summed E-state index contributed by atoms with van der Waals surface area (Å²) in [5.41, 5.74) is -1.11. The quantitative estimate of drug-likeness (QED) is 0.786. The van der Waals surface area contributed by atoms with Crippen LogP contribution in [-0.2, 0) is 15.1 Å². The van der Waals surface area contributed by atoms with Crippen molar-refractivity contribution in [1.82, 2.24) is 4.98 Å². The van der Waals surface area contributed by atoms with Crippen molar-refractivity contribution in [3.05, 3.63) is 29.0 Å². The molecule has 1 saturated heterocycles. The van der Waals surface area contributed by atoms with Crippen LogP contribution in [0.3, 0.4) is 0 Å². The van der Waals surface area contributed by atoms with E-state index < -0.39 is 11.5 Å². The molecule has 2 fully saturated rings. The normalized spacial score (nSPS) is 25.4. The second kappa shape index (κ2) is 4.44. The van der Waals surface area contributed by atoms with E-state index in [9.17, 15) is 4.39 Å². The highest BCUT2D eigenvalue weighted by Gasteiger charge is 2.48. The largest absolute Gasteiger partial charge is 0.348 e. The molecule has 2 heterocycles. The number of rotatable bonds is 1. The van der Waals surface area contributed by atoms with Crippen molar-refractivity contribution in [3.63, 3.8) is 0 Å². The molecule has 2 aliphatic rings. The Bertz CT molecular complexity index is 438. The van der Waals surface area contributed by atoms with Crippen molar-refractivity contribution in [1.29, 1.82) is 0 Å². The minimum atomic E-state index is -1.46. The van der Waals surface area contributed by atoms with Gasteiger partial charge in [0.05, 0.1) is 23.9 Å². The second-order valence-corrected chi connectivity index (χ2v) is 5.31. The maximum absolute atomic E-state index is 14.9. The number of pyridine rings is 1. The zero-order chi connectivity index (χ0) is 12.6. The minimum absolute atomic E-state index is 0.337. The Morgan fingerprint density at radius 3 is 2.44 bits per heavy atom. The standard InChI is InChI=1S/C13H15ClFNO2/c14-10-2-1-7-16-11(10)12(15)3-5-13(6-4-12)17-8-9-18-13/h1-2,7H,3-6,8-9H2. The number of hydrogen-bond donors (Lipinski definition) is 0. The molecule has 1 aliphatic carbocycles. The summed E-state index contributed by atoms with van der Waals surface area (Å²) in [7, 11) is 0. The van der Waals surface area contributed by atoms with Crippen molar-refractivity contribution in [2.75, 3.05) is 13.2 Å². The zero-order valence-electron chi connectivity index (χ0n) is 9.99. The Hall–Kier alpha value is -0.710. The van der Waals surface area contributed by atoms with Crippen LogP contribution in [-0.4, -0.2) is 24.0 Å². The molecular weight excluding hydrogens is 257 g/mol. The molecule has 1 spiro atoms. The first-order valence-electron chi connectivity index (χ1n) is 6.21. The molecule has 0 radical (unpaired) electrons. The Morgan fingerprint density at radius 1 is 1.17 bits per heavy atom. The van der Waals surface area contributed by atoms with Crippen LogP contribution < -0.4 is 0 Å². The van der Waals surface area contributed by atoms with Gasteiger partial charge in [0, 0.05) is 19.0 Å². The van der Waals surface area contributed by atoms with Gasteiger partial charge in [0.15, 0.2) is 11.5 Å². The molecule has 0 unspecified atom stereocenters. The van der Waals surface area contributed by atoms with Crippen LogP contribution in [0.2, 0.25) is 5.02 Å². The van der Waals surface area contributed by atoms with Gasteiger partial charge in [-0.3, -0.25) is 4.98 Å². The first kappa shape index (κ1) is 12.3. The van der Waals surface area contributed by atoms with Gasteiger partial charge in [-0.15, -0.1) is 0 Å². The van der Waals surface area contributed by atoms with Gasteiger partial charge < -0.3 is 9.47 Å². The first-order chi connectivity index (χ1) is 8.64. The highest BCUT2D eigenvalue weighted by Crippen LogP contribution is 2.48. The molecular formula is C13H15ClFNO2. The molecule has 3 nitrogen and oxygen atoms in total. The number of ether oxygens (including phenoxy) is 2. The molecule has 0 atom stereocenters. The van der Waals surface area contributed by atoms with Gasteiger partial charge in [0.2, 0.25) is 0 Å². The number of halogens is 2. The first-order valence-corrected chi connectivity index (χ1v) is 6.59. The van der Waals surface area contributed by atoms with E-state index in [1.807, 2.05) is 0 Å². The Balaban J connectivity index is 1.80. The summed E-state index contributed by atoms with van der Waals surface area (Å²) in [5, 5.41) is 0.393. The fourth-order valence-electron chi connectivity index (χ4n) is 2.77. The average Bonchev–Trinajstić information content (AvgIpc) is 2.83.